The van der Waals surface area contributed by atoms with Crippen LogP contribution in [0.15, 0.2) is 53.3 Å². The van der Waals surface area contributed by atoms with Gasteiger partial charge in [0.25, 0.3) is 5.56 Å². The van der Waals surface area contributed by atoms with Gasteiger partial charge in [0.2, 0.25) is 0 Å². The van der Waals surface area contributed by atoms with Crippen LogP contribution in [0.4, 0.5) is 4.39 Å². The summed E-state index contributed by atoms with van der Waals surface area (Å²) in [5.41, 5.74) is 0.695. The first kappa shape index (κ1) is 15.4. The maximum Gasteiger partial charge on any atom is 0.335 e. The van der Waals surface area contributed by atoms with Crippen molar-refractivity contribution in [3.63, 3.8) is 0 Å². The van der Waals surface area contributed by atoms with Crippen molar-refractivity contribution in [1.29, 1.82) is 5.26 Å². The molecule has 3 rings (SSSR count). The minimum Gasteiger partial charge on any atom is -0.478 e. The Morgan fingerprint density at radius 3 is 2.50 bits per heavy atom. The molecule has 0 radical (unpaired) electrons. The summed E-state index contributed by atoms with van der Waals surface area (Å²) in [6.07, 6.45) is 0. The number of carboxylic acid groups (broad SMARTS) is 1. The lowest BCUT2D eigenvalue weighted by Crippen LogP contribution is -2.21. The Kier molecular flexibility index (Phi) is 3.84. The van der Waals surface area contributed by atoms with E-state index in [1.54, 1.807) is 24.3 Å². The van der Waals surface area contributed by atoms with Gasteiger partial charge in [0.05, 0.1) is 29.3 Å². The van der Waals surface area contributed by atoms with E-state index >= 15 is 0 Å². The number of pyridine rings is 1. The van der Waals surface area contributed by atoms with Crippen LogP contribution >= 0.6 is 0 Å². The van der Waals surface area contributed by atoms with Crippen LogP contribution in [-0.4, -0.2) is 15.6 Å². The summed E-state index contributed by atoms with van der Waals surface area (Å²) in [5, 5.41) is 18.2. The van der Waals surface area contributed by atoms with E-state index in [4.69, 9.17) is 10.4 Å². The van der Waals surface area contributed by atoms with Gasteiger partial charge in [-0.05, 0) is 35.9 Å². The average Bonchev–Trinajstić information content (AvgIpc) is 2.57. The first-order valence-corrected chi connectivity index (χ1v) is 7.05. The molecular weight excluding hydrogens is 311 g/mol. The highest BCUT2D eigenvalue weighted by atomic mass is 19.1. The first-order valence-electron chi connectivity index (χ1n) is 7.05. The number of halogens is 1. The van der Waals surface area contributed by atoms with Crippen LogP contribution in [0.3, 0.4) is 0 Å². The third-order valence-corrected chi connectivity index (χ3v) is 3.70. The molecule has 24 heavy (non-hydrogen) atoms. The van der Waals surface area contributed by atoms with Gasteiger partial charge in [0, 0.05) is 11.5 Å². The van der Waals surface area contributed by atoms with Gasteiger partial charge in [-0.15, -0.1) is 0 Å². The van der Waals surface area contributed by atoms with Crippen LogP contribution in [0.1, 0.15) is 21.5 Å². The fourth-order valence-electron chi connectivity index (χ4n) is 2.54. The van der Waals surface area contributed by atoms with Crippen LogP contribution in [0.25, 0.3) is 10.9 Å². The number of hydrogen-bond acceptors (Lipinski definition) is 3. The highest BCUT2D eigenvalue weighted by Gasteiger charge is 2.13. The monoisotopic (exact) mass is 322 g/mol. The number of aromatic nitrogens is 1. The SMILES string of the molecule is N#Cc1ccc(Cn2c(=O)ccc3cc(C(=O)O)cc(F)c32)cc1. The molecule has 0 saturated heterocycles. The van der Waals surface area contributed by atoms with Crippen molar-refractivity contribution in [1.82, 2.24) is 4.57 Å². The molecule has 0 amide bonds. The summed E-state index contributed by atoms with van der Waals surface area (Å²) >= 11 is 0. The topological polar surface area (TPSA) is 83.1 Å². The van der Waals surface area contributed by atoms with Gasteiger partial charge in [-0.3, -0.25) is 4.79 Å². The average molecular weight is 322 g/mol. The second-order valence-corrected chi connectivity index (χ2v) is 5.27. The van der Waals surface area contributed by atoms with Crippen LogP contribution in [-0.2, 0) is 6.54 Å². The lowest BCUT2D eigenvalue weighted by molar-refractivity contribution is 0.0696. The number of nitrogens with zero attached hydrogens (tertiary/aromatic N) is 2. The summed E-state index contributed by atoms with van der Waals surface area (Å²) in [6, 6.07) is 13.5. The molecule has 0 aliphatic rings. The Hall–Kier alpha value is -3.46. The molecule has 118 valence electrons. The van der Waals surface area contributed by atoms with Crippen molar-refractivity contribution >= 4 is 16.9 Å². The maximum atomic E-state index is 14.4. The molecule has 0 atom stereocenters. The van der Waals surface area contributed by atoms with Gasteiger partial charge in [-0.25, -0.2) is 9.18 Å². The highest BCUT2D eigenvalue weighted by Crippen LogP contribution is 2.20. The normalized spacial score (nSPS) is 10.5. The van der Waals surface area contributed by atoms with E-state index in [-0.39, 0.29) is 17.6 Å². The molecule has 0 unspecified atom stereocenters. The predicted molar refractivity (Wildman–Crippen MR) is 85.4 cm³/mol. The van der Waals surface area contributed by atoms with Gasteiger partial charge in [0.15, 0.2) is 0 Å². The van der Waals surface area contributed by atoms with Gasteiger partial charge >= 0.3 is 5.97 Å². The Labute approximate surface area is 135 Å². The number of nitriles is 1. The van der Waals surface area contributed by atoms with Crippen LogP contribution < -0.4 is 5.56 Å². The van der Waals surface area contributed by atoms with E-state index in [0.29, 0.717) is 10.9 Å². The standard InChI is InChI=1S/C18H11FN2O3/c19-15-8-14(18(23)24)7-13-5-6-16(22)21(17(13)15)10-12-3-1-11(9-20)2-4-12/h1-8H,10H2,(H,23,24). The van der Waals surface area contributed by atoms with Crippen LogP contribution in [0.2, 0.25) is 0 Å². The Morgan fingerprint density at radius 1 is 1.17 bits per heavy atom. The summed E-state index contributed by atoms with van der Waals surface area (Å²) in [6.45, 7) is 0.116. The third kappa shape index (κ3) is 2.75. The highest BCUT2D eigenvalue weighted by molar-refractivity contribution is 5.93. The van der Waals surface area contributed by atoms with E-state index in [1.807, 2.05) is 6.07 Å². The number of carbonyl (C=O) groups is 1. The van der Waals surface area contributed by atoms with Gasteiger partial charge in [0.1, 0.15) is 5.82 Å². The summed E-state index contributed by atoms with van der Waals surface area (Å²) < 4.78 is 15.7. The van der Waals surface area contributed by atoms with Gasteiger partial charge < -0.3 is 9.67 Å². The molecular formula is C18H11FN2O3. The number of benzene rings is 2. The van der Waals surface area contributed by atoms with Crippen molar-refractivity contribution in [2.24, 2.45) is 0 Å². The first-order chi connectivity index (χ1) is 11.5. The summed E-state index contributed by atoms with van der Waals surface area (Å²) in [7, 11) is 0. The van der Waals surface area contributed by atoms with Gasteiger partial charge in [-0.1, -0.05) is 12.1 Å². The smallest absolute Gasteiger partial charge is 0.335 e. The molecule has 5 nitrogen and oxygen atoms in total. The quantitative estimate of drug-likeness (QED) is 0.803. The number of fused-ring (bicyclic) bond motifs is 1. The zero-order chi connectivity index (χ0) is 17.3. The zero-order valence-electron chi connectivity index (χ0n) is 12.4. The van der Waals surface area contributed by atoms with Gasteiger partial charge in [-0.2, -0.15) is 5.26 Å². The molecule has 0 bridgehead atoms. The van der Waals surface area contributed by atoms with E-state index in [9.17, 15) is 14.0 Å². The Balaban J connectivity index is 2.16. The summed E-state index contributed by atoms with van der Waals surface area (Å²) in [4.78, 5) is 23.2. The van der Waals surface area contributed by atoms with Crippen molar-refractivity contribution in [2.75, 3.05) is 0 Å². The van der Waals surface area contributed by atoms with E-state index in [1.165, 1.54) is 22.8 Å². The molecule has 0 aliphatic heterocycles. The fourth-order valence-corrected chi connectivity index (χ4v) is 2.54. The van der Waals surface area contributed by atoms with Crippen LogP contribution in [0.5, 0.6) is 0 Å². The predicted octanol–water partition coefficient (Wildman–Crippen LogP) is 2.76. The molecule has 0 aliphatic carbocycles. The minimum absolute atomic E-state index is 0.0526. The number of hydrogen-bond donors (Lipinski definition) is 1. The third-order valence-electron chi connectivity index (χ3n) is 3.70. The molecule has 0 spiro atoms. The minimum atomic E-state index is -1.24. The van der Waals surface area contributed by atoms with Crippen molar-refractivity contribution in [3.05, 3.63) is 81.4 Å². The number of aromatic carboxylic acids is 1. The van der Waals surface area contributed by atoms with Crippen molar-refractivity contribution < 1.29 is 14.3 Å². The Morgan fingerprint density at radius 2 is 1.88 bits per heavy atom. The molecule has 1 heterocycles. The molecule has 1 N–H and O–H groups in total. The largest absolute Gasteiger partial charge is 0.478 e. The van der Waals surface area contributed by atoms with E-state index in [0.717, 1.165) is 11.6 Å². The molecule has 0 fully saturated rings. The van der Waals surface area contributed by atoms with Crippen molar-refractivity contribution in [2.45, 2.75) is 6.54 Å². The van der Waals surface area contributed by atoms with Crippen LogP contribution in [0, 0.1) is 17.1 Å². The second kappa shape index (κ2) is 5.97. The fraction of sp³-hybridized carbons (Fsp3) is 0.0556. The number of carboxylic acids is 1. The zero-order valence-corrected chi connectivity index (χ0v) is 12.4. The lowest BCUT2D eigenvalue weighted by Gasteiger charge is -2.12. The Bertz CT molecular complexity index is 1050. The molecule has 2 aromatic carbocycles. The van der Waals surface area contributed by atoms with E-state index in [2.05, 4.69) is 0 Å². The van der Waals surface area contributed by atoms with Crippen molar-refractivity contribution in [3.8, 4) is 6.07 Å². The lowest BCUT2D eigenvalue weighted by atomic mass is 10.1. The maximum absolute atomic E-state index is 14.4. The summed E-state index contributed by atoms with van der Waals surface area (Å²) in [5.74, 6) is -2.00. The molecule has 1 aromatic heterocycles. The van der Waals surface area contributed by atoms with E-state index < -0.39 is 17.3 Å². The number of rotatable bonds is 3. The molecule has 3 aromatic rings. The molecule has 0 saturated carbocycles. The molecule has 6 heteroatoms. The second-order valence-electron chi connectivity index (χ2n) is 5.27.